The lowest BCUT2D eigenvalue weighted by Gasteiger charge is -2.38. The maximum Gasteiger partial charge on any atom is 0.342 e. The number of piperazine rings is 1. The number of ether oxygens (including phenoxy) is 1. The number of hydrogen-bond acceptors (Lipinski definition) is 12. The molecule has 2 unspecified atom stereocenters. The van der Waals surface area contributed by atoms with Gasteiger partial charge in [0.1, 0.15) is 23.5 Å². The Labute approximate surface area is 329 Å². The molecule has 4 heterocycles. The predicted molar refractivity (Wildman–Crippen MR) is 209 cm³/mol. The lowest BCUT2D eigenvalue weighted by atomic mass is 9.95. The minimum absolute atomic E-state index is 0.0888. The van der Waals surface area contributed by atoms with Crippen molar-refractivity contribution in [3.05, 3.63) is 59.5 Å². The van der Waals surface area contributed by atoms with Crippen LogP contribution in [0, 0.1) is 5.82 Å². The Bertz CT molecular complexity index is 1980. The van der Waals surface area contributed by atoms with E-state index in [2.05, 4.69) is 30.9 Å². The minimum Gasteiger partial charge on any atom is -0.495 e. The second-order valence-corrected chi connectivity index (χ2v) is 14.8. The first-order valence-corrected chi connectivity index (χ1v) is 19.0. The molecule has 1 aromatic heterocycles. The van der Waals surface area contributed by atoms with Gasteiger partial charge in [-0.05, 0) is 62.6 Å². The molecule has 3 aliphatic heterocycles. The predicted octanol–water partition coefficient (Wildman–Crippen LogP) is 3.54. The summed E-state index contributed by atoms with van der Waals surface area (Å²) in [6.45, 7) is 6.55. The Morgan fingerprint density at radius 1 is 1.07 bits per heavy atom. The molecule has 0 bridgehead atoms. The monoisotopic (exact) mass is 794 g/mol. The molecule has 57 heavy (non-hydrogen) atoms. The van der Waals surface area contributed by atoms with Gasteiger partial charge in [-0.25, -0.2) is 14.4 Å². The number of carbonyl (C=O) groups is 4. The fraction of sp³-hybridized carbons (Fsp3) is 0.487. The molecule has 0 spiro atoms. The molecule has 2 atom stereocenters. The number of nitrogens with zero attached hydrogens (tertiary/aromatic N) is 7. The molecule has 0 saturated carbocycles. The van der Waals surface area contributed by atoms with Crippen LogP contribution in [0.4, 0.5) is 42.0 Å². The number of methoxy groups -OCH3 is 1. The fourth-order valence-electron chi connectivity index (χ4n) is 7.47. The molecule has 18 heteroatoms. The molecule has 306 valence electrons. The summed E-state index contributed by atoms with van der Waals surface area (Å²) in [5.74, 6) is -5.81. The van der Waals surface area contributed by atoms with E-state index in [1.165, 1.54) is 38.4 Å². The smallest absolute Gasteiger partial charge is 0.342 e. The molecule has 3 amide bonds. The first-order chi connectivity index (χ1) is 27.2. The Hall–Kier alpha value is -5.49. The highest BCUT2D eigenvalue weighted by Crippen LogP contribution is 2.37. The van der Waals surface area contributed by atoms with Gasteiger partial charge in [-0.1, -0.05) is 6.07 Å². The highest BCUT2D eigenvalue weighted by molar-refractivity contribution is 6.02. The number of hydrazine groups is 1. The zero-order chi connectivity index (χ0) is 41.0. The molecule has 0 radical (unpaired) electrons. The van der Waals surface area contributed by atoms with Gasteiger partial charge in [-0.2, -0.15) is 13.8 Å². The maximum atomic E-state index is 15.3. The number of halogens is 3. The number of carbonyl (C=O) groups excluding carboxylic acids is 4. The third-order valence-corrected chi connectivity index (χ3v) is 10.8. The van der Waals surface area contributed by atoms with E-state index in [0.29, 0.717) is 73.9 Å². The topological polar surface area (TPSA) is 156 Å². The minimum atomic E-state index is -3.61. The summed E-state index contributed by atoms with van der Waals surface area (Å²) >= 11 is 0. The number of alkyl halides is 2. The Kier molecular flexibility index (Phi) is 12.5. The number of hydrogen-bond donors (Lipinski definition) is 3. The highest BCUT2D eigenvalue weighted by atomic mass is 19.3. The largest absolute Gasteiger partial charge is 0.495 e. The van der Waals surface area contributed by atoms with Gasteiger partial charge in [-0.15, -0.1) is 0 Å². The van der Waals surface area contributed by atoms with E-state index in [9.17, 15) is 28.0 Å². The number of benzene rings is 2. The van der Waals surface area contributed by atoms with Crippen LogP contribution in [-0.2, 0) is 14.4 Å². The van der Waals surface area contributed by atoms with Gasteiger partial charge >= 0.3 is 5.92 Å². The van der Waals surface area contributed by atoms with Gasteiger partial charge in [0.15, 0.2) is 5.82 Å². The summed E-state index contributed by atoms with van der Waals surface area (Å²) in [5.41, 5.74) is 4.96. The van der Waals surface area contributed by atoms with Crippen LogP contribution in [0.15, 0.2) is 42.6 Å². The maximum absolute atomic E-state index is 15.3. The molecule has 15 nitrogen and oxygen atoms in total. The first-order valence-electron chi connectivity index (χ1n) is 19.0. The average Bonchev–Trinajstić information content (AvgIpc) is 3.67. The molecule has 2 fully saturated rings. The van der Waals surface area contributed by atoms with Crippen molar-refractivity contribution < 1.29 is 37.1 Å². The standard InChI is InChI=1S/C39H49F3N10O5/c1-24(2)52-23-39(41,42)37(56)48(4)32-20-44-38(46-35(32)52)45-30-9-6-26(19-33(30)57-5)36(55)47-51-16-14-49(15-17-51)28-12-13-50(21-28)31-10-7-25(18-29(31)40)27(22-53)8-11-34(54)43-3/h6-7,9-10,18-20,22,24,27-28H,8,11-17,21,23H2,1-5H3,(H,43,54)(H,47,55)(H,44,45,46). The zero-order valence-electron chi connectivity index (χ0n) is 32.7. The van der Waals surface area contributed by atoms with Crippen molar-refractivity contribution in [1.29, 1.82) is 0 Å². The van der Waals surface area contributed by atoms with E-state index in [4.69, 9.17) is 4.74 Å². The molecule has 2 aromatic carbocycles. The molecular weight excluding hydrogens is 745 g/mol. The number of anilines is 5. The van der Waals surface area contributed by atoms with Crippen LogP contribution in [0.3, 0.4) is 0 Å². The molecule has 6 rings (SSSR count). The summed E-state index contributed by atoms with van der Waals surface area (Å²) in [5, 5.41) is 7.46. The normalized spacial score (nSPS) is 19.2. The first kappa shape index (κ1) is 41.2. The molecule has 0 aliphatic carbocycles. The third-order valence-electron chi connectivity index (χ3n) is 10.8. The summed E-state index contributed by atoms with van der Waals surface area (Å²) in [7, 11) is 4.26. The Morgan fingerprint density at radius 2 is 1.82 bits per heavy atom. The molecule has 3 aromatic rings. The van der Waals surface area contributed by atoms with E-state index in [1.54, 1.807) is 44.2 Å². The fourth-order valence-corrected chi connectivity index (χ4v) is 7.47. The molecule has 2 saturated heterocycles. The average molecular weight is 795 g/mol. The Balaban J connectivity index is 1.03. The number of aldehydes is 1. The van der Waals surface area contributed by atoms with Gasteiger partial charge < -0.3 is 34.9 Å². The van der Waals surface area contributed by atoms with E-state index in [-0.39, 0.29) is 47.8 Å². The van der Waals surface area contributed by atoms with Crippen LogP contribution in [0.25, 0.3) is 0 Å². The second kappa shape index (κ2) is 17.3. The molecule has 3 N–H and O–H groups in total. The second-order valence-electron chi connectivity index (χ2n) is 14.8. The van der Waals surface area contributed by atoms with Crippen molar-refractivity contribution in [2.45, 2.75) is 57.0 Å². The zero-order valence-corrected chi connectivity index (χ0v) is 32.7. The van der Waals surface area contributed by atoms with E-state index < -0.39 is 30.1 Å². The number of amides is 3. The van der Waals surface area contributed by atoms with Gasteiger partial charge in [0.2, 0.25) is 11.9 Å². The van der Waals surface area contributed by atoms with E-state index in [1.807, 2.05) is 9.91 Å². The lowest BCUT2D eigenvalue weighted by Crippen LogP contribution is -2.56. The van der Waals surface area contributed by atoms with Crippen LogP contribution in [-0.4, -0.2) is 129 Å². The van der Waals surface area contributed by atoms with Gasteiger partial charge in [0, 0.05) is 83.3 Å². The van der Waals surface area contributed by atoms with Crippen LogP contribution in [0.2, 0.25) is 0 Å². The van der Waals surface area contributed by atoms with Crippen molar-refractivity contribution in [3.8, 4) is 5.75 Å². The van der Waals surface area contributed by atoms with Crippen molar-refractivity contribution in [3.63, 3.8) is 0 Å². The van der Waals surface area contributed by atoms with Gasteiger partial charge in [-0.3, -0.25) is 24.7 Å². The third kappa shape index (κ3) is 9.06. The summed E-state index contributed by atoms with van der Waals surface area (Å²) in [6, 6.07) is 9.53. The van der Waals surface area contributed by atoms with E-state index >= 15 is 4.39 Å². The van der Waals surface area contributed by atoms with Crippen molar-refractivity contribution >= 4 is 52.8 Å². The quantitative estimate of drug-likeness (QED) is 0.217. The van der Waals surface area contributed by atoms with Crippen LogP contribution in [0.1, 0.15) is 54.9 Å². The summed E-state index contributed by atoms with van der Waals surface area (Å²) in [4.78, 5) is 64.5. The summed E-state index contributed by atoms with van der Waals surface area (Å²) in [6.07, 6.45) is 3.42. The number of aromatic nitrogens is 2. The van der Waals surface area contributed by atoms with Crippen LogP contribution >= 0.6 is 0 Å². The SMILES string of the molecule is CNC(=O)CCC(C=O)c1ccc(N2CCC(N3CCN(NC(=O)c4ccc(Nc5ncc6c(n5)N(C(C)C)CC(F)(F)C(=O)N6C)c(OC)c4)CC3)C2)c(F)c1. The Morgan fingerprint density at radius 3 is 2.49 bits per heavy atom. The van der Waals surface area contributed by atoms with Crippen LogP contribution < -0.4 is 35.5 Å². The number of nitrogens with one attached hydrogen (secondary N) is 3. The lowest BCUT2D eigenvalue weighted by molar-refractivity contribution is -0.140. The van der Waals surface area contributed by atoms with Crippen molar-refractivity contribution in [2.75, 3.05) is 87.0 Å². The van der Waals surface area contributed by atoms with Gasteiger partial charge in [0.25, 0.3) is 11.8 Å². The van der Waals surface area contributed by atoms with Crippen molar-refractivity contribution in [2.24, 2.45) is 0 Å². The van der Waals surface area contributed by atoms with Gasteiger partial charge in [0.05, 0.1) is 31.2 Å². The van der Waals surface area contributed by atoms with Crippen LogP contribution in [0.5, 0.6) is 5.75 Å². The number of fused-ring (bicyclic) bond motifs is 1. The molecular formula is C39H49F3N10O5. The summed E-state index contributed by atoms with van der Waals surface area (Å²) < 4.78 is 50.4. The van der Waals surface area contributed by atoms with E-state index in [0.717, 1.165) is 17.6 Å². The molecule has 3 aliphatic rings. The highest BCUT2D eigenvalue weighted by Gasteiger charge is 2.47. The number of rotatable bonds is 13. The van der Waals surface area contributed by atoms with Crippen molar-refractivity contribution in [1.82, 2.24) is 30.6 Å².